The maximum absolute atomic E-state index is 14.5. The quantitative estimate of drug-likeness (QED) is 0.159. The predicted octanol–water partition coefficient (Wildman–Crippen LogP) is 9.33. The zero-order valence-electron chi connectivity index (χ0n) is 32.3. The highest BCUT2D eigenvalue weighted by atomic mass is 16.5. The number of Topliss-reactive ketones (excluding diaryl/α,β-unsaturated/α-hetero) is 2. The molecular formula is C45H58O7. The fourth-order valence-electron chi connectivity index (χ4n) is 13.9. The van der Waals surface area contributed by atoms with E-state index in [0.29, 0.717) is 35.2 Å². The van der Waals surface area contributed by atoms with Crippen molar-refractivity contribution in [3.63, 3.8) is 0 Å². The Morgan fingerprint density at radius 3 is 2.35 bits per heavy atom. The van der Waals surface area contributed by atoms with Crippen LogP contribution in [0, 0.1) is 68.5 Å². The van der Waals surface area contributed by atoms with E-state index < -0.39 is 46.6 Å². The third kappa shape index (κ3) is 4.50. The second kappa shape index (κ2) is 11.4. The largest absolute Gasteiger partial charge is 0.511 e. The Kier molecular flexibility index (Phi) is 7.86. The summed E-state index contributed by atoms with van der Waals surface area (Å²) in [5, 5.41) is 33.4. The number of hydrogen-bond donors (Lipinski definition) is 3. The van der Waals surface area contributed by atoms with Crippen LogP contribution in [0.5, 0.6) is 11.5 Å². The second-order valence-electron chi connectivity index (χ2n) is 19.6. The van der Waals surface area contributed by atoms with Gasteiger partial charge < -0.3 is 20.1 Å². The molecule has 7 aliphatic rings. The molecule has 4 fully saturated rings. The van der Waals surface area contributed by atoms with Gasteiger partial charge in [0.25, 0.3) is 0 Å². The maximum Gasteiger partial charge on any atom is 0.320 e. The van der Waals surface area contributed by atoms with Gasteiger partial charge in [-0.2, -0.15) is 0 Å². The number of carbonyl (C=O) groups is 3. The van der Waals surface area contributed by atoms with Crippen LogP contribution in [0.1, 0.15) is 134 Å². The summed E-state index contributed by atoms with van der Waals surface area (Å²) in [6.07, 6.45) is 14.0. The van der Waals surface area contributed by atoms with Crippen LogP contribution in [-0.4, -0.2) is 39.0 Å². The van der Waals surface area contributed by atoms with E-state index in [0.717, 1.165) is 31.6 Å². The number of ketones is 2. The molecule has 0 radical (unpaired) electrons. The van der Waals surface area contributed by atoms with Gasteiger partial charge in [-0.05, 0) is 135 Å². The molecule has 7 heteroatoms. The van der Waals surface area contributed by atoms with E-state index in [1.165, 1.54) is 43.9 Å². The van der Waals surface area contributed by atoms with E-state index in [1.54, 1.807) is 18.6 Å². The number of esters is 1. The van der Waals surface area contributed by atoms with Gasteiger partial charge in [-0.1, -0.05) is 64.8 Å². The molecule has 1 aromatic rings. The normalized spacial score (nSPS) is 46.5. The van der Waals surface area contributed by atoms with Gasteiger partial charge in [0, 0.05) is 11.6 Å². The van der Waals surface area contributed by atoms with Gasteiger partial charge in [-0.3, -0.25) is 14.4 Å². The summed E-state index contributed by atoms with van der Waals surface area (Å²) in [6, 6.07) is 2.58. The van der Waals surface area contributed by atoms with Crippen molar-refractivity contribution in [3.8, 4) is 11.5 Å². The van der Waals surface area contributed by atoms with Crippen LogP contribution in [0.3, 0.4) is 0 Å². The lowest BCUT2D eigenvalue weighted by Gasteiger charge is -2.71. The highest BCUT2D eigenvalue weighted by molar-refractivity contribution is 6.19. The average molecular weight is 711 g/mol. The molecule has 0 aromatic heterocycles. The standard InChI is InChI=1S/C45H58O7/c1-23-19-27-35(30(46)20-23)39(50)36-28(38(27)49)21-26(22-31(36)47)52-40(51)45(8)33-12-16-44(7)32(42(33,5)15-13-34(45)48)10-9-29-37-25(3)24(2)11-14-41(37,4)17-18-43(29,44)6/h9,19-22,24-25,27,32-35,37,46-48H,10-18H2,1-8H3/t24-,25+,27?,32?,33?,34+,35?,37?,41-,42-,43-,44-,45+/m1/s1. The van der Waals surface area contributed by atoms with Gasteiger partial charge in [-0.25, -0.2) is 0 Å². The third-order valence-electron chi connectivity index (χ3n) is 17.4. The van der Waals surface area contributed by atoms with E-state index in [4.69, 9.17) is 4.74 Å². The number of hydrogen-bond acceptors (Lipinski definition) is 7. The number of phenolic OH excluding ortho intramolecular Hbond substituents is 1. The molecule has 5 unspecified atom stereocenters. The molecule has 0 amide bonds. The minimum atomic E-state index is -1.21. The van der Waals surface area contributed by atoms with Gasteiger partial charge >= 0.3 is 5.97 Å². The van der Waals surface area contributed by atoms with Gasteiger partial charge in [0.2, 0.25) is 0 Å². The lowest BCUT2D eigenvalue weighted by Crippen LogP contribution is -2.66. The van der Waals surface area contributed by atoms with Crippen LogP contribution < -0.4 is 4.74 Å². The van der Waals surface area contributed by atoms with E-state index in [-0.39, 0.29) is 44.8 Å². The first-order chi connectivity index (χ1) is 24.3. The molecular weight excluding hydrogens is 652 g/mol. The number of rotatable bonds is 2. The Morgan fingerprint density at radius 2 is 1.62 bits per heavy atom. The lowest BCUT2D eigenvalue weighted by molar-refractivity contribution is -0.215. The van der Waals surface area contributed by atoms with Gasteiger partial charge in [0.1, 0.15) is 17.3 Å². The Morgan fingerprint density at radius 1 is 0.885 bits per heavy atom. The molecule has 0 heterocycles. The van der Waals surface area contributed by atoms with E-state index in [2.05, 4.69) is 47.6 Å². The lowest BCUT2D eigenvalue weighted by atomic mass is 9.33. The van der Waals surface area contributed by atoms with Gasteiger partial charge in [-0.15, -0.1) is 0 Å². The topological polar surface area (TPSA) is 121 Å². The summed E-state index contributed by atoms with van der Waals surface area (Å²) < 4.78 is 6.08. The van der Waals surface area contributed by atoms with Crippen molar-refractivity contribution in [2.75, 3.05) is 0 Å². The fraction of sp³-hybridized carbons (Fsp3) is 0.667. The highest BCUT2D eigenvalue weighted by Gasteiger charge is 2.70. The van der Waals surface area contributed by atoms with Gasteiger partial charge in [0.15, 0.2) is 11.6 Å². The van der Waals surface area contributed by atoms with Crippen molar-refractivity contribution in [2.45, 2.75) is 119 Å². The van der Waals surface area contributed by atoms with Crippen LogP contribution in [0.4, 0.5) is 0 Å². The molecule has 280 valence electrons. The predicted molar refractivity (Wildman–Crippen MR) is 199 cm³/mol. The number of fused-ring (bicyclic) bond motifs is 9. The minimum absolute atomic E-state index is 0.0243. The molecule has 7 aliphatic carbocycles. The number of carbonyl (C=O) groups excluding carboxylic acids is 3. The fourth-order valence-corrected chi connectivity index (χ4v) is 13.9. The molecule has 7 nitrogen and oxygen atoms in total. The number of aliphatic hydroxyl groups excluding tert-OH is 2. The number of benzene rings is 1. The van der Waals surface area contributed by atoms with Crippen LogP contribution >= 0.6 is 0 Å². The highest BCUT2D eigenvalue weighted by Crippen LogP contribution is 2.75. The zero-order chi connectivity index (χ0) is 37.5. The average Bonchev–Trinajstić information content (AvgIpc) is 3.07. The summed E-state index contributed by atoms with van der Waals surface area (Å²) in [5.41, 5.74) is 1.24. The van der Waals surface area contributed by atoms with Crippen molar-refractivity contribution in [3.05, 3.63) is 58.4 Å². The monoisotopic (exact) mass is 710 g/mol. The molecule has 3 N–H and O–H groups in total. The molecule has 0 spiro atoms. The first kappa shape index (κ1) is 35.8. The molecule has 1 aromatic carbocycles. The molecule has 8 rings (SSSR count). The third-order valence-corrected chi connectivity index (χ3v) is 17.4. The van der Waals surface area contributed by atoms with Crippen molar-refractivity contribution in [1.29, 1.82) is 0 Å². The minimum Gasteiger partial charge on any atom is -0.511 e. The summed E-state index contributed by atoms with van der Waals surface area (Å²) in [5.74, 6) is -2.03. The van der Waals surface area contributed by atoms with Crippen molar-refractivity contribution in [2.24, 2.45) is 68.5 Å². The SMILES string of the molecule is CC1=CC2C(=O)c3cc(OC(=O)[C@@]4(C)C5CC[C@]6(C)C(CC=C7C8[C@@H](C)[C@H](C)CC[C@]8(C)CC[C@]76C)[C@@]5(C)CC[C@@H]4O)cc(O)c3C(=O)C2C(O)=C1. The molecule has 4 saturated carbocycles. The molecule has 0 saturated heterocycles. The Bertz CT molecular complexity index is 1870. The molecule has 52 heavy (non-hydrogen) atoms. The first-order valence-electron chi connectivity index (χ1n) is 20.0. The number of aliphatic hydroxyl groups is 2. The number of phenols is 1. The Labute approximate surface area is 309 Å². The van der Waals surface area contributed by atoms with E-state index >= 15 is 0 Å². The van der Waals surface area contributed by atoms with Crippen molar-refractivity contribution >= 4 is 17.5 Å². The second-order valence-corrected chi connectivity index (χ2v) is 19.6. The number of aromatic hydroxyl groups is 1. The van der Waals surface area contributed by atoms with Crippen LogP contribution in [0.2, 0.25) is 0 Å². The van der Waals surface area contributed by atoms with Crippen molar-refractivity contribution in [1.82, 2.24) is 0 Å². The molecule has 13 atom stereocenters. The summed E-state index contributed by atoms with van der Waals surface area (Å²) in [6.45, 7) is 18.6. The molecule has 0 bridgehead atoms. The van der Waals surface area contributed by atoms with Gasteiger partial charge in [0.05, 0.1) is 28.9 Å². The zero-order valence-corrected chi connectivity index (χ0v) is 32.3. The smallest absolute Gasteiger partial charge is 0.320 e. The summed E-state index contributed by atoms with van der Waals surface area (Å²) in [4.78, 5) is 41.7. The Balaban J connectivity index is 1.12. The van der Waals surface area contributed by atoms with E-state index in [1.807, 2.05) is 6.92 Å². The van der Waals surface area contributed by atoms with Crippen molar-refractivity contribution < 1.29 is 34.4 Å². The van der Waals surface area contributed by atoms with Crippen LogP contribution in [0.25, 0.3) is 0 Å². The van der Waals surface area contributed by atoms with Crippen LogP contribution in [0.15, 0.2) is 47.3 Å². The number of ether oxygens (including phenoxy) is 1. The summed E-state index contributed by atoms with van der Waals surface area (Å²) >= 11 is 0. The number of allylic oxidation sites excluding steroid dienone is 6. The van der Waals surface area contributed by atoms with E-state index in [9.17, 15) is 29.7 Å². The first-order valence-corrected chi connectivity index (χ1v) is 20.0. The Hall–Kier alpha value is -3.19. The van der Waals surface area contributed by atoms with Crippen LogP contribution in [-0.2, 0) is 4.79 Å². The molecule has 0 aliphatic heterocycles. The summed E-state index contributed by atoms with van der Waals surface area (Å²) in [7, 11) is 0. The maximum atomic E-state index is 14.5.